The van der Waals surface area contributed by atoms with Crippen LogP contribution in [0.2, 0.25) is 5.02 Å². The molecular formula is C13H14ClF3N2O. The van der Waals surface area contributed by atoms with Crippen molar-refractivity contribution in [2.45, 2.75) is 31.9 Å². The van der Waals surface area contributed by atoms with Crippen molar-refractivity contribution in [3.05, 3.63) is 23.4 Å². The fourth-order valence-electron chi connectivity index (χ4n) is 2.53. The van der Waals surface area contributed by atoms with E-state index in [9.17, 15) is 18.0 Å². The third-order valence-corrected chi connectivity index (χ3v) is 3.73. The highest BCUT2D eigenvalue weighted by molar-refractivity contribution is 6.30. The summed E-state index contributed by atoms with van der Waals surface area (Å²) in [5.74, 6) is -3.09. The van der Waals surface area contributed by atoms with Crippen LogP contribution in [0.15, 0.2) is 18.3 Å². The Bertz CT molecular complexity index is 493. The second-order valence-electron chi connectivity index (χ2n) is 4.89. The second kappa shape index (κ2) is 5.99. The Hall–Kier alpha value is -1.30. The second-order valence-corrected chi connectivity index (χ2v) is 5.32. The lowest BCUT2D eigenvalue weighted by Gasteiger charge is -2.31. The van der Waals surface area contributed by atoms with E-state index in [2.05, 4.69) is 10.3 Å². The van der Waals surface area contributed by atoms with E-state index in [1.807, 2.05) is 0 Å². The Balaban J connectivity index is 2.10. The van der Waals surface area contributed by atoms with E-state index in [-0.39, 0.29) is 18.7 Å². The van der Waals surface area contributed by atoms with Gasteiger partial charge in [0.2, 0.25) is 5.91 Å². The molecule has 0 aromatic carbocycles. The number of anilines is 1. The van der Waals surface area contributed by atoms with Gasteiger partial charge in [0, 0.05) is 17.1 Å². The zero-order chi connectivity index (χ0) is 14.8. The number of aromatic nitrogens is 1. The van der Waals surface area contributed by atoms with Gasteiger partial charge in [0.1, 0.15) is 5.82 Å². The number of rotatable bonds is 2. The molecule has 0 saturated heterocycles. The largest absolute Gasteiger partial charge is 0.392 e. The van der Waals surface area contributed by atoms with Crippen LogP contribution in [-0.4, -0.2) is 17.1 Å². The van der Waals surface area contributed by atoms with E-state index in [1.165, 1.54) is 18.3 Å². The van der Waals surface area contributed by atoms with Crippen molar-refractivity contribution in [3.63, 3.8) is 0 Å². The molecule has 0 spiro atoms. The van der Waals surface area contributed by atoms with Crippen molar-refractivity contribution >= 4 is 23.3 Å². The van der Waals surface area contributed by atoms with Gasteiger partial charge in [-0.25, -0.2) is 4.98 Å². The fourth-order valence-corrected chi connectivity index (χ4v) is 2.69. The number of alkyl halides is 3. The molecule has 7 heteroatoms. The molecule has 0 bridgehead atoms. The SMILES string of the molecule is O=C(Nc1cc(Cl)ccn1)C1CCCCC1C(F)(F)F. The molecule has 1 N–H and O–H groups in total. The van der Waals surface area contributed by atoms with Gasteiger partial charge in [0.25, 0.3) is 0 Å². The van der Waals surface area contributed by atoms with E-state index in [0.29, 0.717) is 17.9 Å². The van der Waals surface area contributed by atoms with Crippen LogP contribution in [-0.2, 0) is 4.79 Å². The summed E-state index contributed by atoms with van der Waals surface area (Å²) < 4.78 is 38.8. The van der Waals surface area contributed by atoms with Crippen LogP contribution in [0.3, 0.4) is 0 Å². The molecule has 1 aromatic heterocycles. The first kappa shape index (κ1) is 15.1. The standard InChI is InChI=1S/C13H14ClF3N2O/c14-8-5-6-18-11(7-8)19-12(20)9-3-1-2-4-10(9)13(15,16)17/h5-7,9-10H,1-4H2,(H,18,19,20). The first-order chi connectivity index (χ1) is 9.38. The normalized spacial score (nSPS) is 23.4. The molecule has 1 fully saturated rings. The summed E-state index contributed by atoms with van der Waals surface area (Å²) >= 11 is 5.74. The van der Waals surface area contributed by atoms with Gasteiger partial charge in [0.15, 0.2) is 0 Å². The summed E-state index contributed by atoms with van der Waals surface area (Å²) in [5.41, 5.74) is 0. The fraction of sp³-hybridized carbons (Fsp3) is 0.538. The lowest BCUT2D eigenvalue weighted by atomic mass is 9.78. The van der Waals surface area contributed by atoms with Crippen LogP contribution < -0.4 is 5.32 Å². The van der Waals surface area contributed by atoms with E-state index >= 15 is 0 Å². The molecule has 0 aliphatic heterocycles. The third-order valence-electron chi connectivity index (χ3n) is 3.50. The van der Waals surface area contributed by atoms with Gasteiger partial charge in [-0.3, -0.25) is 4.79 Å². The number of hydrogen-bond donors (Lipinski definition) is 1. The van der Waals surface area contributed by atoms with Crippen LogP contribution in [0.5, 0.6) is 0 Å². The van der Waals surface area contributed by atoms with Gasteiger partial charge in [-0.15, -0.1) is 0 Å². The molecule has 1 aliphatic carbocycles. The smallest absolute Gasteiger partial charge is 0.310 e. The van der Waals surface area contributed by atoms with Crippen LogP contribution in [0.4, 0.5) is 19.0 Å². The Morgan fingerprint density at radius 2 is 2.05 bits per heavy atom. The molecule has 2 atom stereocenters. The zero-order valence-corrected chi connectivity index (χ0v) is 11.3. The van der Waals surface area contributed by atoms with E-state index in [4.69, 9.17) is 11.6 Å². The molecule has 1 heterocycles. The molecule has 1 aromatic rings. The Morgan fingerprint density at radius 3 is 2.70 bits per heavy atom. The molecular weight excluding hydrogens is 293 g/mol. The number of hydrogen-bond acceptors (Lipinski definition) is 2. The van der Waals surface area contributed by atoms with Gasteiger partial charge in [0.05, 0.1) is 5.92 Å². The van der Waals surface area contributed by atoms with Gasteiger partial charge < -0.3 is 5.32 Å². The summed E-state index contributed by atoms with van der Waals surface area (Å²) in [6, 6.07) is 2.93. The van der Waals surface area contributed by atoms with Gasteiger partial charge >= 0.3 is 6.18 Å². The number of halogens is 4. The first-order valence-corrected chi connectivity index (χ1v) is 6.75. The molecule has 2 rings (SSSR count). The minimum atomic E-state index is -4.34. The van der Waals surface area contributed by atoms with Crippen molar-refractivity contribution in [3.8, 4) is 0 Å². The van der Waals surface area contributed by atoms with Crippen molar-refractivity contribution in [2.75, 3.05) is 5.32 Å². The first-order valence-electron chi connectivity index (χ1n) is 6.37. The minimum absolute atomic E-state index is 0.00452. The minimum Gasteiger partial charge on any atom is -0.310 e. The lowest BCUT2D eigenvalue weighted by molar-refractivity contribution is -0.197. The molecule has 0 radical (unpaired) electrons. The summed E-state index contributed by atoms with van der Waals surface area (Å²) in [4.78, 5) is 15.9. The molecule has 1 saturated carbocycles. The Morgan fingerprint density at radius 1 is 1.35 bits per heavy atom. The van der Waals surface area contributed by atoms with Gasteiger partial charge in [-0.1, -0.05) is 24.4 Å². The highest BCUT2D eigenvalue weighted by Crippen LogP contribution is 2.41. The van der Waals surface area contributed by atoms with Gasteiger partial charge in [-0.2, -0.15) is 13.2 Å². The summed E-state index contributed by atoms with van der Waals surface area (Å²) in [7, 11) is 0. The topological polar surface area (TPSA) is 42.0 Å². The third kappa shape index (κ3) is 3.62. The van der Waals surface area contributed by atoms with Crippen molar-refractivity contribution in [2.24, 2.45) is 11.8 Å². The average molecular weight is 307 g/mol. The predicted molar refractivity (Wildman–Crippen MR) is 69.4 cm³/mol. The van der Waals surface area contributed by atoms with E-state index < -0.39 is 23.9 Å². The highest BCUT2D eigenvalue weighted by Gasteiger charge is 2.48. The maximum absolute atomic E-state index is 12.9. The zero-order valence-electron chi connectivity index (χ0n) is 10.6. The van der Waals surface area contributed by atoms with Crippen LogP contribution >= 0.6 is 11.6 Å². The summed E-state index contributed by atoms with van der Waals surface area (Å²) in [5, 5.41) is 2.79. The van der Waals surface area contributed by atoms with Crippen LogP contribution in [0, 0.1) is 11.8 Å². The highest BCUT2D eigenvalue weighted by atomic mass is 35.5. The molecule has 2 unspecified atom stereocenters. The van der Waals surface area contributed by atoms with Crippen molar-refractivity contribution in [1.82, 2.24) is 4.98 Å². The van der Waals surface area contributed by atoms with E-state index in [1.54, 1.807) is 0 Å². The molecule has 20 heavy (non-hydrogen) atoms. The summed E-state index contributed by atoms with van der Waals surface area (Å²) in [6.45, 7) is 0. The lowest BCUT2D eigenvalue weighted by Crippen LogP contribution is -2.39. The average Bonchev–Trinajstić information content (AvgIpc) is 2.37. The van der Waals surface area contributed by atoms with Crippen LogP contribution in [0.1, 0.15) is 25.7 Å². The number of nitrogens with zero attached hydrogens (tertiary/aromatic N) is 1. The maximum Gasteiger partial charge on any atom is 0.392 e. The number of carbonyl (C=O) groups is 1. The molecule has 1 amide bonds. The Labute approximate surface area is 119 Å². The number of nitrogens with one attached hydrogen (secondary N) is 1. The number of carbonyl (C=O) groups excluding carboxylic acids is 1. The maximum atomic E-state index is 12.9. The molecule has 3 nitrogen and oxygen atoms in total. The Kier molecular flexibility index (Phi) is 4.52. The summed E-state index contributed by atoms with van der Waals surface area (Å²) in [6.07, 6.45) is -1.57. The number of pyridine rings is 1. The number of amides is 1. The molecule has 110 valence electrons. The van der Waals surface area contributed by atoms with E-state index in [0.717, 1.165) is 0 Å². The molecule has 1 aliphatic rings. The van der Waals surface area contributed by atoms with Gasteiger partial charge in [-0.05, 0) is 25.0 Å². The monoisotopic (exact) mass is 306 g/mol. The van der Waals surface area contributed by atoms with Crippen molar-refractivity contribution in [1.29, 1.82) is 0 Å². The predicted octanol–water partition coefficient (Wildman–Crippen LogP) is 4.04. The quantitative estimate of drug-likeness (QED) is 0.896. The van der Waals surface area contributed by atoms with Crippen molar-refractivity contribution < 1.29 is 18.0 Å². The van der Waals surface area contributed by atoms with Crippen LogP contribution in [0.25, 0.3) is 0 Å².